The number of amides is 1. The van der Waals surface area contributed by atoms with Crippen molar-refractivity contribution in [3.63, 3.8) is 0 Å². The number of imidazole rings is 1. The number of alkyl halides is 2. The number of carbonyl (C=O) groups is 1. The van der Waals surface area contributed by atoms with Crippen LogP contribution in [0.25, 0.3) is 5.65 Å². The number of halogens is 2. The zero-order chi connectivity index (χ0) is 20.7. The molecule has 0 aromatic carbocycles. The number of carbonyl (C=O) groups excluding carboxylic acids is 1. The van der Waals surface area contributed by atoms with E-state index in [-0.39, 0.29) is 18.6 Å². The molecule has 154 valence electrons. The number of nitrogens with zero attached hydrogens (tertiary/aromatic N) is 3. The van der Waals surface area contributed by atoms with Crippen molar-refractivity contribution >= 4 is 21.6 Å². The molecule has 0 saturated carbocycles. The van der Waals surface area contributed by atoms with Crippen molar-refractivity contribution in [2.45, 2.75) is 61.8 Å². The molecule has 1 fully saturated rings. The predicted molar refractivity (Wildman–Crippen MR) is 97.9 cm³/mol. The fraction of sp³-hybridized carbons (Fsp3) is 0.556. The summed E-state index contributed by atoms with van der Waals surface area (Å²) in [6, 6.07) is 0.660. The molecule has 0 spiro atoms. The summed E-state index contributed by atoms with van der Waals surface area (Å²) < 4.78 is 63.2. The topological polar surface area (TPSA) is 81.0 Å². The van der Waals surface area contributed by atoms with E-state index in [0.717, 1.165) is 11.0 Å². The van der Waals surface area contributed by atoms with E-state index in [0.29, 0.717) is 12.8 Å². The van der Waals surface area contributed by atoms with Crippen LogP contribution >= 0.6 is 0 Å². The van der Waals surface area contributed by atoms with Gasteiger partial charge in [-0.1, -0.05) is 0 Å². The number of aromatic nitrogens is 2. The van der Waals surface area contributed by atoms with E-state index >= 15 is 8.78 Å². The number of hydrogen-bond donors (Lipinski definition) is 0. The number of pyridine rings is 1. The summed E-state index contributed by atoms with van der Waals surface area (Å²) in [4.78, 5) is 16.6. The van der Waals surface area contributed by atoms with Crippen LogP contribution in [0.3, 0.4) is 0 Å². The van der Waals surface area contributed by atoms with Crippen molar-refractivity contribution in [2.24, 2.45) is 0 Å². The van der Waals surface area contributed by atoms with E-state index in [2.05, 4.69) is 4.98 Å². The summed E-state index contributed by atoms with van der Waals surface area (Å²) in [5.41, 5.74) is -0.962. The van der Waals surface area contributed by atoms with E-state index < -0.39 is 37.7 Å². The Morgan fingerprint density at radius 3 is 2.64 bits per heavy atom. The zero-order valence-electron chi connectivity index (χ0n) is 15.9. The van der Waals surface area contributed by atoms with Gasteiger partial charge in [0.15, 0.2) is 5.65 Å². The van der Waals surface area contributed by atoms with Crippen molar-refractivity contribution in [2.75, 3.05) is 6.54 Å². The maximum Gasteiger partial charge on any atom is 0.410 e. The summed E-state index contributed by atoms with van der Waals surface area (Å²) in [7, 11) is -5.11. The monoisotopic (exact) mass is 415 g/mol. The first kappa shape index (κ1) is 20.5. The molecule has 1 atom stereocenters. The van der Waals surface area contributed by atoms with E-state index in [1.807, 2.05) is 0 Å². The summed E-state index contributed by atoms with van der Waals surface area (Å²) >= 11 is 0. The first-order chi connectivity index (χ1) is 12.9. The number of hydrogen-bond acceptors (Lipinski definition) is 5. The highest BCUT2D eigenvalue weighted by molar-refractivity contribution is 7.92. The van der Waals surface area contributed by atoms with E-state index in [1.54, 1.807) is 20.8 Å². The number of rotatable bonds is 3. The number of sulfone groups is 1. The minimum Gasteiger partial charge on any atom is -0.444 e. The molecule has 1 aliphatic heterocycles. The van der Waals surface area contributed by atoms with Crippen LogP contribution in [-0.4, -0.2) is 52.2 Å². The van der Waals surface area contributed by atoms with Gasteiger partial charge in [0.25, 0.3) is 0 Å². The molecule has 28 heavy (non-hydrogen) atoms. The number of ether oxygens (including phenoxy) is 1. The lowest BCUT2D eigenvalue weighted by molar-refractivity contribution is -0.0455. The molecular weight excluding hydrogens is 392 g/mol. The second-order valence-electron chi connectivity index (χ2n) is 7.78. The molecule has 1 unspecified atom stereocenters. The fourth-order valence-corrected chi connectivity index (χ4v) is 4.83. The minimum absolute atomic E-state index is 0.0122. The quantitative estimate of drug-likeness (QED) is 0.767. The van der Waals surface area contributed by atoms with Crippen molar-refractivity contribution in [1.29, 1.82) is 0 Å². The third kappa shape index (κ3) is 3.57. The average Bonchev–Trinajstić information content (AvgIpc) is 3.08. The highest BCUT2D eigenvalue weighted by atomic mass is 32.2. The maximum atomic E-state index is 15.4. The Morgan fingerprint density at radius 2 is 1.96 bits per heavy atom. The number of likely N-dealkylation sites (tertiary alicyclic amines) is 1. The minimum atomic E-state index is -5.11. The van der Waals surface area contributed by atoms with Crippen LogP contribution in [-0.2, 0) is 14.6 Å². The van der Waals surface area contributed by atoms with Crippen LogP contribution in [0.2, 0.25) is 0 Å². The molecule has 3 rings (SSSR count). The molecule has 2 aromatic heterocycles. The van der Waals surface area contributed by atoms with Gasteiger partial charge < -0.3 is 9.14 Å². The molecule has 1 amide bonds. The SMILES string of the molecule is CC(C)(C)OC(=O)N1CCCCC1C(F)(F)S(=O)(=O)c1cccn2ccnc12. The van der Waals surface area contributed by atoms with Gasteiger partial charge in [0.1, 0.15) is 16.5 Å². The molecule has 7 nitrogen and oxygen atoms in total. The average molecular weight is 415 g/mol. The largest absolute Gasteiger partial charge is 0.444 e. The molecule has 0 radical (unpaired) electrons. The fourth-order valence-electron chi connectivity index (χ4n) is 3.28. The Morgan fingerprint density at radius 1 is 1.25 bits per heavy atom. The standard InChI is InChI=1S/C18H23F2N3O4S/c1-17(2,3)27-16(24)23-11-5-4-8-14(23)18(19,20)28(25,26)13-7-6-10-22-12-9-21-15(13)22/h6-7,9-10,12,14H,4-5,8,11H2,1-3H3. The molecule has 2 aromatic rings. The Labute approximate surface area is 162 Å². The smallest absolute Gasteiger partial charge is 0.410 e. The second kappa shape index (κ2) is 6.98. The van der Waals surface area contributed by atoms with E-state index in [4.69, 9.17) is 4.74 Å². The summed E-state index contributed by atoms with van der Waals surface area (Å²) in [5.74, 6) is 0. The van der Waals surface area contributed by atoms with Gasteiger partial charge in [-0.05, 0) is 52.2 Å². The van der Waals surface area contributed by atoms with Crippen LogP contribution in [0.15, 0.2) is 35.6 Å². The molecule has 0 bridgehead atoms. The Balaban J connectivity index is 2.01. The van der Waals surface area contributed by atoms with Crippen molar-refractivity contribution in [3.05, 3.63) is 30.7 Å². The van der Waals surface area contributed by atoms with Crippen molar-refractivity contribution < 1.29 is 26.7 Å². The van der Waals surface area contributed by atoms with Gasteiger partial charge in [0.2, 0.25) is 9.84 Å². The second-order valence-corrected chi connectivity index (χ2v) is 9.77. The van der Waals surface area contributed by atoms with E-state index in [1.165, 1.54) is 29.1 Å². The van der Waals surface area contributed by atoms with E-state index in [9.17, 15) is 13.2 Å². The van der Waals surface area contributed by atoms with Crippen molar-refractivity contribution in [3.8, 4) is 0 Å². The van der Waals surface area contributed by atoms with Gasteiger partial charge in [-0.25, -0.2) is 18.2 Å². The maximum absolute atomic E-state index is 15.4. The van der Waals surface area contributed by atoms with Gasteiger partial charge in [0, 0.05) is 25.1 Å². The van der Waals surface area contributed by atoms with Gasteiger partial charge >= 0.3 is 11.3 Å². The lowest BCUT2D eigenvalue weighted by Gasteiger charge is -2.39. The van der Waals surface area contributed by atoms with Crippen molar-refractivity contribution in [1.82, 2.24) is 14.3 Å². The lowest BCUT2D eigenvalue weighted by Crippen LogP contribution is -2.56. The third-order valence-electron chi connectivity index (χ3n) is 4.55. The molecule has 1 saturated heterocycles. The Hall–Kier alpha value is -2.23. The van der Waals surface area contributed by atoms with Gasteiger partial charge in [0.05, 0.1) is 0 Å². The van der Waals surface area contributed by atoms with Crippen LogP contribution < -0.4 is 0 Å². The molecule has 0 N–H and O–H groups in total. The lowest BCUT2D eigenvalue weighted by atomic mass is 10.0. The molecule has 1 aliphatic rings. The number of piperidine rings is 1. The highest BCUT2D eigenvalue weighted by Gasteiger charge is 2.57. The molecule has 3 heterocycles. The third-order valence-corrected chi connectivity index (χ3v) is 6.44. The summed E-state index contributed by atoms with van der Waals surface area (Å²) in [5, 5.41) is -4.20. The first-order valence-electron chi connectivity index (χ1n) is 8.99. The summed E-state index contributed by atoms with van der Waals surface area (Å²) in [6.07, 6.45) is 4.15. The van der Waals surface area contributed by atoms with Crippen LogP contribution in [0.4, 0.5) is 13.6 Å². The number of fused-ring (bicyclic) bond motifs is 1. The zero-order valence-corrected chi connectivity index (χ0v) is 16.7. The van der Waals surface area contributed by atoms with Gasteiger partial charge in [-0.15, -0.1) is 0 Å². The Kier molecular flexibility index (Phi) is 5.11. The highest BCUT2D eigenvalue weighted by Crippen LogP contribution is 2.40. The normalized spacial score (nSPS) is 19.0. The summed E-state index contributed by atoms with van der Waals surface area (Å²) in [6.45, 7) is 4.88. The van der Waals surface area contributed by atoms with Crippen LogP contribution in [0.1, 0.15) is 40.0 Å². The molecule has 10 heteroatoms. The molecular formula is C18H23F2N3O4S. The Bertz CT molecular complexity index is 982. The molecule has 0 aliphatic carbocycles. The first-order valence-corrected chi connectivity index (χ1v) is 10.5. The van der Waals surface area contributed by atoms with Gasteiger partial charge in [-0.2, -0.15) is 8.78 Å². The van der Waals surface area contributed by atoms with Gasteiger partial charge in [-0.3, -0.25) is 4.90 Å². The van der Waals surface area contributed by atoms with Crippen LogP contribution in [0, 0.1) is 0 Å². The van der Waals surface area contributed by atoms with Crippen LogP contribution in [0.5, 0.6) is 0 Å². The predicted octanol–water partition coefficient (Wildman–Crippen LogP) is 3.49.